The minimum absolute atomic E-state index is 0.0655. The summed E-state index contributed by atoms with van der Waals surface area (Å²) in [5, 5.41) is 2.72. The van der Waals surface area contributed by atoms with Crippen LogP contribution in [0.15, 0.2) is 35.9 Å². The highest BCUT2D eigenvalue weighted by molar-refractivity contribution is 5.97. The second-order valence-electron chi connectivity index (χ2n) is 3.28. The standard InChI is InChI=1S/C12H16N2O/c1-10(12(15)14-8-7-13)9-11-5-3-2-4-6-11/h2-6,9H,7-8,13H2,1H3,(H,14,15)/b10-9+. The molecule has 0 unspecified atom stereocenters. The summed E-state index contributed by atoms with van der Waals surface area (Å²) in [4.78, 5) is 11.5. The topological polar surface area (TPSA) is 55.1 Å². The first-order valence-corrected chi connectivity index (χ1v) is 4.95. The summed E-state index contributed by atoms with van der Waals surface area (Å²) < 4.78 is 0. The maximum atomic E-state index is 11.5. The molecule has 0 saturated carbocycles. The van der Waals surface area contributed by atoms with Crippen LogP contribution in [0, 0.1) is 0 Å². The summed E-state index contributed by atoms with van der Waals surface area (Å²) in [5.41, 5.74) is 7.01. The molecule has 1 aromatic rings. The van der Waals surface area contributed by atoms with Crippen molar-refractivity contribution in [1.29, 1.82) is 0 Å². The first-order valence-electron chi connectivity index (χ1n) is 4.95. The summed E-state index contributed by atoms with van der Waals surface area (Å²) in [7, 11) is 0. The largest absolute Gasteiger partial charge is 0.351 e. The Hall–Kier alpha value is -1.61. The average Bonchev–Trinajstić information content (AvgIpc) is 2.27. The molecule has 0 saturated heterocycles. The van der Waals surface area contributed by atoms with Gasteiger partial charge in [0.2, 0.25) is 5.91 Å². The van der Waals surface area contributed by atoms with Crippen molar-refractivity contribution in [2.45, 2.75) is 6.92 Å². The van der Waals surface area contributed by atoms with Crippen molar-refractivity contribution < 1.29 is 4.79 Å². The molecule has 0 aliphatic rings. The number of hydrogen-bond acceptors (Lipinski definition) is 2. The number of amides is 1. The van der Waals surface area contributed by atoms with Crippen LogP contribution in [-0.4, -0.2) is 19.0 Å². The molecule has 0 atom stereocenters. The van der Waals surface area contributed by atoms with Gasteiger partial charge in [0.1, 0.15) is 0 Å². The van der Waals surface area contributed by atoms with Crippen LogP contribution in [0.1, 0.15) is 12.5 Å². The molecule has 0 radical (unpaired) electrons. The molecule has 3 N–H and O–H groups in total. The van der Waals surface area contributed by atoms with E-state index in [1.807, 2.05) is 36.4 Å². The Morgan fingerprint density at radius 2 is 2.07 bits per heavy atom. The zero-order chi connectivity index (χ0) is 11.1. The Balaban J connectivity index is 2.63. The molecule has 0 bridgehead atoms. The molecule has 1 aromatic carbocycles. The van der Waals surface area contributed by atoms with Crippen molar-refractivity contribution in [3.63, 3.8) is 0 Å². The van der Waals surface area contributed by atoms with E-state index in [1.54, 1.807) is 6.92 Å². The lowest BCUT2D eigenvalue weighted by Gasteiger charge is -2.03. The van der Waals surface area contributed by atoms with Gasteiger partial charge in [0.25, 0.3) is 0 Å². The molecule has 0 heterocycles. The van der Waals surface area contributed by atoms with Gasteiger partial charge in [-0.25, -0.2) is 0 Å². The zero-order valence-corrected chi connectivity index (χ0v) is 8.86. The van der Waals surface area contributed by atoms with Crippen LogP contribution in [0.3, 0.4) is 0 Å². The smallest absolute Gasteiger partial charge is 0.246 e. The monoisotopic (exact) mass is 204 g/mol. The third kappa shape index (κ3) is 3.95. The van der Waals surface area contributed by atoms with Gasteiger partial charge in [-0.3, -0.25) is 4.79 Å². The van der Waals surface area contributed by atoms with Gasteiger partial charge < -0.3 is 11.1 Å². The van der Waals surface area contributed by atoms with Crippen molar-refractivity contribution in [3.8, 4) is 0 Å². The summed E-state index contributed by atoms with van der Waals surface area (Å²) >= 11 is 0. The molecule has 0 fully saturated rings. The molecule has 0 spiro atoms. The fourth-order valence-corrected chi connectivity index (χ4v) is 1.19. The third-order valence-electron chi connectivity index (χ3n) is 1.97. The van der Waals surface area contributed by atoms with E-state index in [-0.39, 0.29) is 5.91 Å². The molecule has 0 aliphatic carbocycles. The Bertz CT molecular complexity index is 344. The van der Waals surface area contributed by atoms with E-state index >= 15 is 0 Å². The number of nitrogens with two attached hydrogens (primary N) is 1. The number of benzene rings is 1. The first kappa shape index (κ1) is 11.5. The molecular formula is C12H16N2O. The van der Waals surface area contributed by atoms with Gasteiger partial charge >= 0.3 is 0 Å². The second kappa shape index (κ2) is 5.98. The molecule has 15 heavy (non-hydrogen) atoms. The predicted octanol–water partition coefficient (Wildman–Crippen LogP) is 1.16. The summed E-state index contributed by atoms with van der Waals surface area (Å²) in [6.45, 7) is 2.77. The van der Waals surface area contributed by atoms with Crippen molar-refractivity contribution in [2.24, 2.45) is 5.73 Å². The maximum Gasteiger partial charge on any atom is 0.246 e. The highest BCUT2D eigenvalue weighted by Crippen LogP contribution is 2.05. The van der Waals surface area contributed by atoms with Crippen molar-refractivity contribution >= 4 is 12.0 Å². The summed E-state index contributed by atoms with van der Waals surface area (Å²) in [6.07, 6.45) is 1.85. The number of nitrogens with one attached hydrogen (secondary N) is 1. The molecular weight excluding hydrogens is 188 g/mol. The molecule has 1 rings (SSSR count). The lowest BCUT2D eigenvalue weighted by Crippen LogP contribution is -2.29. The zero-order valence-electron chi connectivity index (χ0n) is 8.86. The number of carbonyl (C=O) groups is 1. The van der Waals surface area contributed by atoms with Crippen LogP contribution in [0.25, 0.3) is 6.08 Å². The van der Waals surface area contributed by atoms with E-state index < -0.39 is 0 Å². The fourth-order valence-electron chi connectivity index (χ4n) is 1.19. The fraction of sp³-hybridized carbons (Fsp3) is 0.250. The molecule has 1 amide bonds. The van der Waals surface area contributed by atoms with Gasteiger partial charge in [-0.1, -0.05) is 30.3 Å². The van der Waals surface area contributed by atoms with Gasteiger partial charge in [-0.15, -0.1) is 0 Å². The Morgan fingerprint density at radius 3 is 2.67 bits per heavy atom. The van der Waals surface area contributed by atoms with E-state index in [0.717, 1.165) is 5.56 Å². The molecule has 3 heteroatoms. The van der Waals surface area contributed by atoms with Crippen LogP contribution in [0.4, 0.5) is 0 Å². The SMILES string of the molecule is C/C(=C\c1ccccc1)C(=O)NCCN. The average molecular weight is 204 g/mol. The van der Waals surface area contributed by atoms with Crippen LogP contribution < -0.4 is 11.1 Å². The van der Waals surface area contributed by atoms with Crippen molar-refractivity contribution in [1.82, 2.24) is 5.32 Å². The Labute approximate surface area is 90.0 Å². The second-order valence-corrected chi connectivity index (χ2v) is 3.28. The number of carbonyl (C=O) groups excluding carboxylic acids is 1. The van der Waals surface area contributed by atoms with E-state index in [0.29, 0.717) is 18.7 Å². The van der Waals surface area contributed by atoms with E-state index in [1.165, 1.54) is 0 Å². The summed E-state index contributed by atoms with van der Waals surface area (Å²) in [6, 6.07) is 9.74. The highest BCUT2D eigenvalue weighted by Gasteiger charge is 2.01. The summed E-state index contributed by atoms with van der Waals surface area (Å²) in [5.74, 6) is -0.0655. The third-order valence-corrected chi connectivity index (χ3v) is 1.97. The van der Waals surface area contributed by atoms with Crippen LogP contribution in [-0.2, 0) is 4.79 Å². The highest BCUT2D eigenvalue weighted by atomic mass is 16.1. The van der Waals surface area contributed by atoms with Gasteiger partial charge in [0.15, 0.2) is 0 Å². The van der Waals surface area contributed by atoms with Gasteiger partial charge in [-0.2, -0.15) is 0 Å². The predicted molar refractivity (Wildman–Crippen MR) is 62.2 cm³/mol. The minimum Gasteiger partial charge on any atom is -0.351 e. The minimum atomic E-state index is -0.0655. The van der Waals surface area contributed by atoms with E-state index in [2.05, 4.69) is 5.32 Å². The normalized spacial score (nSPS) is 11.2. The molecule has 0 aliphatic heterocycles. The van der Waals surface area contributed by atoms with Gasteiger partial charge in [-0.05, 0) is 18.6 Å². The van der Waals surface area contributed by atoms with E-state index in [4.69, 9.17) is 5.73 Å². The number of hydrogen-bond donors (Lipinski definition) is 2. The first-order chi connectivity index (χ1) is 7.24. The Morgan fingerprint density at radius 1 is 1.40 bits per heavy atom. The molecule has 80 valence electrons. The van der Waals surface area contributed by atoms with Gasteiger partial charge in [0.05, 0.1) is 0 Å². The van der Waals surface area contributed by atoms with Crippen LogP contribution in [0.2, 0.25) is 0 Å². The quantitative estimate of drug-likeness (QED) is 0.723. The molecule has 3 nitrogen and oxygen atoms in total. The van der Waals surface area contributed by atoms with Crippen LogP contribution >= 0.6 is 0 Å². The lowest BCUT2D eigenvalue weighted by molar-refractivity contribution is -0.117. The maximum absolute atomic E-state index is 11.5. The van der Waals surface area contributed by atoms with Crippen LogP contribution in [0.5, 0.6) is 0 Å². The molecule has 0 aromatic heterocycles. The Kier molecular flexibility index (Phi) is 4.57. The van der Waals surface area contributed by atoms with Crippen molar-refractivity contribution in [3.05, 3.63) is 41.5 Å². The lowest BCUT2D eigenvalue weighted by atomic mass is 10.1. The van der Waals surface area contributed by atoms with E-state index in [9.17, 15) is 4.79 Å². The van der Waals surface area contributed by atoms with Gasteiger partial charge in [0, 0.05) is 18.7 Å². The number of rotatable bonds is 4. The van der Waals surface area contributed by atoms with Crippen molar-refractivity contribution in [2.75, 3.05) is 13.1 Å².